The molecule has 3 aromatic carbocycles. The standard InChI is InChI=1S/C37H38Cl2N4O4/c1-20-17-25(37(45)46)10-13-30(20)42-14-8-15-43-34-28(11-12-29(38)32(34)31-23(4)40-41(6)24(31)5)27(35(43)36(42)44)9-7-16-47-26-18-21(2)33(39)22(3)19-26/h10-13,17-19H,7-9,14-16H2,1-6H3,(H,45,46). The van der Waals surface area contributed by atoms with E-state index in [-0.39, 0.29) is 11.5 Å². The van der Waals surface area contributed by atoms with Crippen LogP contribution in [0.5, 0.6) is 5.75 Å². The minimum absolute atomic E-state index is 0.119. The Hall–Kier alpha value is -4.27. The van der Waals surface area contributed by atoms with Gasteiger partial charge in [0.1, 0.15) is 11.4 Å². The number of carbonyl (C=O) groups is 2. The van der Waals surface area contributed by atoms with Crippen molar-refractivity contribution in [2.45, 2.75) is 60.4 Å². The molecule has 3 heterocycles. The Kier molecular flexibility index (Phi) is 8.85. The Morgan fingerprint density at radius 2 is 1.68 bits per heavy atom. The Balaban J connectivity index is 1.47. The molecule has 0 bridgehead atoms. The predicted octanol–water partition coefficient (Wildman–Crippen LogP) is 8.65. The van der Waals surface area contributed by atoms with E-state index in [9.17, 15) is 14.7 Å². The molecule has 1 aliphatic rings. The predicted molar refractivity (Wildman–Crippen MR) is 188 cm³/mol. The third kappa shape index (κ3) is 5.78. The van der Waals surface area contributed by atoms with Crippen LogP contribution >= 0.6 is 23.2 Å². The van der Waals surface area contributed by atoms with Gasteiger partial charge in [-0.3, -0.25) is 9.48 Å². The molecule has 0 aliphatic carbocycles. The topological polar surface area (TPSA) is 89.6 Å². The number of carboxylic acid groups (broad SMARTS) is 1. The largest absolute Gasteiger partial charge is 0.494 e. The van der Waals surface area contributed by atoms with Crippen LogP contribution in [0.25, 0.3) is 22.0 Å². The Labute approximate surface area is 284 Å². The van der Waals surface area contributed by atoms with Gasteiger partial charge in [-0.2, -0.15) is 5.10 Å². The van der Waals surface area contributed by atoms with Crippen LogP contribution < -0.4 is 9.64 Å². The van der Waals surface area contributed by atoms with E-state index in [0.29, 0.717) is 55.4 Å². The first-order valence-corrected chi connectivity index (χ1v) is 16.5. The van der Waals surface area contributed by atoms with Gasteiger partial charge in [0, 0.05) is 53.1 Å². The monoisotopic (exact) mass is 672 g/mol. The second-order valence-electron chi connectivity index (χ2n) is 12.4. The summed E-state index contributed by atoms with van der Waals surface area (Å²) in [6, 6.07) is 12.8. The summed E-state index contributed by atoms with van der Waals surface area (Å²) < 4.78 is 10.2. The molecule has 10 heteroatoms. The normalized spacial score (nSPS) is 13.3. The van der Waals surface area contributed by atoms with Crippen LogP contribution in [0.15, 0.2) is 42.5 Å². The number of nitrogens with zero attached hydrogens (tertiary/aromatic N) is 4. The Morgan fingerprint density at radius 3 is 2.32 bits per heavy atom. The van der Waals surface area contributed by atoms with E-state index in [1.165, 1.54) is 0 Å². The Morgan fingerprint density at radius 1 is 0.957 bits per heavy atom. The van der Waals surface area contributed by atoms with Gasteiger partial charge in [0.05, 0.1) is 28.4 Å². The van der Waals surface area contributed by atoms with Gasteiger partial charge in [0.25, 0.3) is 5.91 Å². The summed E-state index contributed by atoms with van der Waals surface area (Å²) in [5.74, 6) is -0.351. The molecule has 8 nitrogen and oxygen atoms in total. The number of aromatic carboxylic acids is 1. The highest BCUT2D eigenvalue weighted by molar-refractivity contribution is 6.35. The lowest BCUT2D eigenvalue weighted by molar-refractivity contribution is 0.0696. The molecule has 47 heavy (non-hydrogen) atoms. The number of rotatable bonds is 8. The van der Waals surface area contributed by atoms with Gasteiger partial charge in [-0.05, 0) is 113 Å². The van der Waals surface area contributed by atoms with Crippen molar-refractivity contribution in [1.29, 1.82) is 0 Å². The minimum Gasteiger partial charge on any atom is -0.494 e. The quantitative estimate of drug-likeness (QED) is 0.167. The molecule has 0 radical (unpaired) electrons. The molecule has 244 valence electrons. The highest BCUT2D eigenvalue weighted by atomic mass is 35.5. The average molecular weight is 674 g/mol. The summed E-state index contributed by atoms with van der Waals surface area (Å²) in [7, 11) is 1.92. The summed E-state index contributed by atoms with van der Waals surface area (Å²) in [6.07, 6.45) is 1.99. The molecule has 0 spiro atoms. The van der Waals surface area contributed by atoms with E-state index in [0.717, 1.165) is 66.4 Å². The first kappa shape index (κ1) is 32.7. The van der Waals surface area contributed by atoms with Crippen molar-refractivity contribution in [2.75, 3.05) is 18.1 Å². The van der Waals surface area contributed by atoms with E-state index < -0.39 is 5.97 Å². The Bertz CT molecular complexity index is 2050. The molecule has 0 saturated heterocycles. The number of carboxylic acids is 1. The van der Waals surface area contributed by atoms with Crippen molar-refractivity contribution >= 4 is 51.7 Å². The molecule has 5 aromatic rings. The molecule has 1 amide bonds. The van der Waals surface area contributed by atoms with Crippen LogP contribution in [0, 0.1) is 34.6 Å². The van der Waals surface area contributed by atoms with Gasteiger partial charge in [0.15, 0.2) is 0 Å². The van der Waals surface area contributed by atoms with Crippen LogP contribution in [0.1, 0.15) is 67.3 Å². The number of hydrogen-bond acceptors (Lipinski definition) is 4. The maximum Gasteiger partial charge on any atom is 0.335 e. The summed E-state index contributed by atoms with van der Waals surface area (Å²) in [4.78, 5) is 28.2. The van der Waals surface area contributed by atoms with E-state index >= 15 is 0 Å². The van der Waals surface area contributed by atoms with Gasteiger partial charge in [-0.15, -0.1) is 0 Å². The third-order valence-corrected chi connectivity index (χ3v) is 10.1. The zero-order valence-electron chi connectivity index (χ0n) is 27.5. The zero-order valence-corrected chi connectivity index (χ0v) is 29.0. The first-order valence-electron chi connectivity index (χ1n) is 15.8. The van der Waals surface area contributed by atoms with Crippen LogP contribution in [0.3, 0.4) is 0 Å². The van der Waals surface area contributed by atoms with Crippen LogP contribution in [0.2, 0.25) is 10.0 Å². The number of carbonyl (C=O) groups excluding carboxylic acids is 1. The second kappa shape index (κ2) is 12.7. The van der Waals surface area contributed by atoms with E-state index in [1.54, 1.807) is 23.1 Å². The number of hydrogen-bond donors (Lipinski definition) is 1. The van der Waals surface area contributed by atoms with Crippen LogP contribution in [0.4, 0.5) is 5.69 Å². The SMILES string of the molecule is Cc1cc(C(=O)O)ccc1N1CCCn2c(c(CCCOc3cc(C)c(Cl)c(C)c3)c3ccc(Cl)c(-c4c(C)nn(C)c4C)c32)C1=O. The van der Waals surface area contributed by atoms with Gasteiger partial charge in [-0.1, -0.05) is 29.3 Å². The fourth-order valence-electron chi connectivity index (χ4n) is 6.95. The lowest BCUT2D eigenvalue weighted by Crippen LogP contribution is -2.32. The average Bonchev–Trinajstić information content (AvgIpc) is 3.39. The number of anilines is 1. The minimum atomic E-state index is -0.999. The molecule has 1 N–H and O–H groups in total. The number of halogens is 2. The number of ether oxygens (including phenoxy) is 1. The third-order valence-electron chi connectivity index (χ3n) is 9.23. The van der Waals surface area contributed by atoms with Gasteiger partial charge < -0.3 is 19.3 Å². The fraction of sp³-hybridized carbons (Fsp3) is 0.324. The van der Waals surface area contributed by atoms with E-state index in [4.69, 9.17) is 27.9 Å². The van der Waals surface area contributed by atoms with Crippen molar-refractivity contribution in [3.8, 4) is 16.9 Å². The van der Waals surface area contributed by atoms with Gasteiger partial charge in [-0.25, -0.2) is 4.79 Å². The highest BCUT2D eigenvalue weighted by Gasteiger charge is 2.33. The number of benzene rings is 3. The molecule has 6 rings (SSSR count). The summed E-state index contributed by atoms with van der Waals surface area (Å²) in [5.41, 5.74) is 9.78. The molecule has 2 aromatic heterocycles. The van der Waals surface area contributed by atoms with Crippen LogP contribution in [-0.4, -0.2) is 44.5 Å². The number of aromatic nitrogens is 3. The number of aryl methyl sites for hydroxylation is 7. The molecule has 1 aliphatic heterocycles. The van der Waals surface area contributed by atoms with Crippen molar-refractivity contribution < 1.29 is 19.4 Å². The lowest BCUT2D eigenvalue weighted by atomic mass is 9.98. The number of fused-ring (bicyclic) bond motifs is 3. The number of amides is 1. The summed E-state index contributed by atoms with van der Waals surface area (Å²) >= 11 is 13.4. The maximum absolute atomic E-state index is 14.7. The molecule has 0 unspecified atom stereocenters. The van der Waals surface area contributed by atoms with Crippen molar-refractivity contribution in [1.82, 2.24) is 14.3 Å². The van der Waals surface area contributed by atoms with Crippen molar-refractivity contribution in [3.63, 3.8) is 0 Å². The molecule has 0 fully saturated rings. The maximum atomic E-state index is 14.7. The van der Waals surface area contributed by atoms with Gasteiger partial charge >= 0.3 is 5.97 Å². The molecule has 0 saturated carbocycles. The van der Waals surface area contributed by atoms with E-state index in [2.05, 4.69) is 9.67 Å². The molecule has 0 atom stereocenters. The molecular weight excluding hydrogens is 635 g/mol. The zero-order chi connectivity index (χ0) is 33.7. The summed E-state index contributed by atoms with van der Waals surface area (Å²) in [6.45, 7) is 11.4. The van der Waals surface area contributed by atoms with Crippen LogP contribution in [-0.2, 0) is 20.0 Å². The molecular formula is C37H38Cl2N4O4. The van der Waals surface area contributed by atoms with Gasteiger partial charge in [0.2, 0.25) is 0 Å². The second-order valence-corrected chi connectivity index (χ2v) is 13.2. The van der Waals surface area contributed by atoms with E-state index in [1.807, 2.05) is 70.6 Å². The summed E-state index contributed by atoms with van der Waals surface area (Å²) in [5, 5.41) is 16.5. The highest BCUT2D eigenvalue weighted by Crippen LogP contribution is 2.43. The van der Waals surface area contributed by atoms with Crippen molar-refractivity contribution in [3.05, 3.63) is 97.4 Å². The lowest BCUT2D eigenvalue weighted by Gasteiger charge is -2.23. The first-order chi connectivity index (χ1) is 22.4. The fourth-order valence-corrected chi connectivity index (χ4v) is 7.31. The van der Waals surface area contributed by atoms with Crippen molar-refractivity contribution in [2.24, 2.45) is 7.05 Å². The smallest absolute Gasteiger partial charge is 0.335 e.